The number of ether oxygens (including phenoxy) is 2. The number of esters is 1. The number of hydrogen-bond acceptors (Lipinski definition) is 5. The molecule has 5 heteroatoms. The van der Waals surface area contributed by atoms with Crippen molar-refractivity contribution in [3.63, 3.8) is 0 Å². The van der Waals surface area contributed by atoms with E-state index in [9.17, 15) is 15.0 Å². The summed E-state index contributed by atoms with van der Waals surface area (Å²) in [7, 11) is 0. The number of aliphatic hydroxyl groups is 2. The molecule has 1 saturated heterocycles. The highest BCUT2D eigenvalue weighted by Gasteiger charge is 2.81. The maximum atomic E-state index is 11.7. The van der Waals surface area contributed by atoms with Crippen molar-refractivity contribution in [2.24, 2.45) is 34.0 Å². The molecule has 5 aliphatic rings. The molecule has 4 saturated carbocycles. The first-order valence-corrected chi connectivity index (χ1v) is 10.8. The van der Waals surface area contributed by atoms with Gasteiger partial charge in [0.1, 0.15) is 6.10 Å². The van der Waals surface area contributed by atoms with Crippen molar-refractivity contribution < 1.29 is 24.5 Å². The van der Waals surface area contributed by atoms with Crippen LogP contribution in [0.15, 0.2) is 0 Å². The Morgan fingerprint density at radius 3 is 2.59 bits per heavy atom. The summed E-state index contributed by atoms with van der Waals surface area (Å²) in [5.74, 6) is 0.846. The molecule has 152 valence electrons. The predicted octanol–water partition coefficient (Wildman–Crippen LogP) is 2.67. The monoisotopic (exact) mass is 378 g/mol. The van der Waals surface area contributed by atoms with Crippen LogP contribution < -0.4 is 0 Å². The Morgan fingerprint density at radius 2 is 1.93 bits per heavy atom. The van der Waals surface area contributed by atoms with Gasteiger partial charge in [0.15, 0.2) is 0 Å². The van der Waals surface area contributed by atoms with Crippen molar-refractivity contribution in [2.75, 3.05) is 6.61 Å². The van der Waals surface area contributed by atoms with Crippen LogP contribution in [0.1, 0.15) is 66.2 Å². The quantitative estimate of drug-likeness (QED) is 0.570. The van der Waals surface area contributed by atoms with Gasteiger partial charge in [-0.1, -0.05) is 13.8 Å². The molecule has 2 bridgehead atoms. The van der Waals surface area contributed by atoms with E-state index in [1.807, 2.05) is 0 Å². The minimum absolute atomic E-state index is 0.0160. The first kappa shape index (κ1) is 18.4. The molecule has 27 heavy (non-hydrogen) atoms. The summed E-state index contributed by atoms with van der Waals surface area (Å²) in [6.07, 6.45) is 5.37. The van der Waals surface area contributed by atoms with Crippen LogP contribution in [0.4, 0.5) is 0 Å². The summed E-state index contributed by atoms with van der Waals surface area (Å²) < 4.78 is 11.9. The predicted molar refractivity (Wildman–Crippen MR) is 98.7 cm³/mol. The molecule has 5 rings (SSSR count). The van der Waals surface area contributed by atoms with Gasteiger partial charge in [0, 0.05) is 17.8 Å². The van der Waals surface area contributed by atoms with Crippen LogP contribution in [-0.4, -0.2) is 46.7 Å². The number of carbonyl (C=O) groups excluding carboxylic acids is 1. The SMILES string of the molecule is CC(=O)O[C@@H]1CC[C@]2(C)[C@H](C[C@H](O)[C@@]34C[C@@H](CC[C@@H]23)[C@]2(C)O[C@@H]24)[C@@]1(C)CO. The van der Waals surface area contributed by atoms with Gasteiger partial charge in [0.25, 0.3) is 0 Å². The van der Waals surface area contributed by atoms with Crippen LogP contribution in [0.5, 0.6) is 0 Å². The zero-order valence-corrected chi connectivity index (χ0v) is 17.0. The van der Waals surface area contributed by atoms with Gasteiger partial charge >= 0.3 is 5.97 Å². The fourth-order valence-electron chi connectivity index (χ4n) is 8.67. The van der Waals surface area contributed by atoms with Crippen LogP contribution in [0, 0.1) is 34.0 Å². The summed E-state index contributed by atoms with van der Waals surface area (Å²) in [5, 5.41) is 21.9. The summed E-state index contributed by atoms with van der Waals surface area (Å²) in [5.41, 5.74) is -0.609. The number of carbonyl (C=O) groups is 1. The molecule has 1 aliphatic heterocycles. The van der Waals surface area contributed by atoms with Gasteiger partial charge in [-0.25, -0.2) is 0 Å². The lowest BCUT2D eigenvalue weighted by molar-refractivity contribution is -0.244. The molecule has 4 aliphatic carbocycles. The van der Waals surface area contributed by atoms with Crippen LogP contribution in [-0.2, 0) is 14.3 Å². The topological polar surface area (TPSA) is 79.3 Å². The molecule has 1 spiro atoms. The van der Waals surface area contributed by atoms with E-state index in [0.29, 0.717) is 18.3 Å². The average molecular weight is 379 g/mol. The molecule has 0 aromatic rings. The van der Waals surface area contributed by atoms with Gasteiger partial charge in [-0.3, -0.25) is 4.79 Å². The first-order chi connectivity index (χ1) is 12.6. The number of hydrogen-bond donors (Lipinski definition) is 2. The van der Waals surface area contributed by atoms with Crippen molar-refractivity contribution in [1.29, 1.82) is 0 Å². The third kappa shape index (κ3) is 1.99. The highest BCUT2D eigenvalue weighted by atomic mass is 16.6. The zero-order chi connectivity index (χ0) is 19.4. The van der Waals surface area contributed by atoms with Crippen molar-refractivity contribution in [2.45, 2.75) is 90.1 Å². The van der Waals surface area contributed by atoms with Crippen LogP contribution in [0.25, 0.3) is 0 Å². The first-order valence-electron chi connectivity index (χ1n) is 10.8. The highest BCUT2D eigenvalue weighted by molar-refractivity contribution is 5.66. The van der Waals surface area contributed by atoms with E-state index in [1.165, 1.54) is 13.3 Å². The third-order valence-electron chi connectivity index (χ3n) is 9.98. The number of epoxide rings is 1. The van der Waals surface area contributed by atoms with Crippen LogP contribution in [0.3, 0.4) is 0 Å². The Bertz CT molecular complexity index is 680. The van der Waals surface area contributed by atoms with Gasteiger partial charge in [-0.2, -0.15) is 0 Å². The lowest BCUT2D eigenvalue weighted by Gasteiger charge is -2.66. The molecule has 0 aromatic heterocycles. The smallest absolute Gasteiger partial charge is 0.302 e. The maximum Gasteiger partial charge on any atom is 0.302 e. The van der Waals surface area contributed by atoms with E-state index in [2.05, 4.69) is 20.8 Å². The zero-order valence-electron chi connectivity index (χ0n) is 17.0. The number of fused-ring (bicyclic) bond motifs is 5. The largest absolute Gasteiger partial charge is 0.462 e. The van der Waals surface area contributed by atoms with E-state index in [0.717, 1.165) is 25.7 Å². The molecule has 5 nitrogen and oxygen atoms in total. The highest BCUT2D eigenvalue weighted by Crippen LogP contribution is 2.78. The van der Waals surface area contributed by atoms with E-state index >= 15 is 0 Å². The van der Waals surface area contributed by atoms with Crippen molar-refractivity contribution >= 4 is 5.97 Å². The van der Waals surface area contributed by atoms with Crippen LogP contribution >= 0.6 is 0 Å². The van der Waals surface area contributed by atoms with E-state index < -0.39 is 11.5 Å². The van der Waals surface area contributed by atoms with Gasteiger partial charge in [-0.15, -0.1) is 0 Å². The van der Waals surface area contributed by atoms with Gasteiger partial charge < -0.3 is 19.7 Å². The molecule has 0 aromatic carbocycles. The van der Waals surface area contributed by atoms with Gasteiger partial charge in [0.2, 0.25) is 0 Å². The van der Waals surface area contributed by atoms with Crippen LogP contribution in [0.2, 0.25) is 0 Å². The lowest BCUT2D eigenvalue weighted by atomic mass is 9.39. The molecular formula is C22H34O5. The molecular weight excluding hydrogens is 344 g/mol. The Hall–Kier alpha value is -0.650. The fourth-order valence-corrected chi connectivity index (χ4v) is 8.67. The molecule has 0 unspecified atom stereocenters. The summed E-state index contributed by atoms with van der Waals surface area (Å²) >= 11 is 0. The molecule has 0 radical (unpaired) electrons. The standard InChI is InChI=1S/C22H34O5/c1-12(24)26-17-7-8-19(2)14-6-5-13-10-22(14,18-21(13,4)27-18)16(25)9-15(19)20(17,3)11-23/h13-18,23,25H,5-11H2,1-4H3/t13-,14+,15+,16+,17-,18+,19+,20-,21+,22-/m1/s1. The van der Waals surface area contributed by atoms with Crippen molar-refractivity contribution in [1.82, 2.24) is 0 Å². The lowest BCUT2D eigenvalue weighted by Crippen LogP contribution is -2.66. The third-order valence-corrected chi connectivity index (χ3v) is 9.98. The second kappa shape index (κ2) is 5.28. The molecule has 0 amide bonds. The normalized spacial score (nSPS) is 60.8. The summed E-state index contributed by atoms with van der Waals surface area (Å²) in [6.45, 7) is 8.12. The Balaban J connectivity index is 1.55. The Labute approximate surface area is 161 Å². The molecule has 1 heterocycles. The van der Waals surface area contributed by atoms with Crippen molar-refractivity contribution in [3.05, 3.63) is 0 Å². The van der Waals surface area contributed by atoms with E-state index in [-0.39, 0.29) is 47.1 Å². The second-order valence-electron chi connectivity index (χ2n) is 10.9. The minimum atomic E-state index is -0.509. The number of rotatable bonds is 2. The second-order valence-corrected chi connectivity index (χ2v) is 10.9. The Morgan fingerprint density at radius 1 is 1.19 bits per heavy atom. The summed E-state index contributed by atoms with van der Waals surface area (Å²) in [4.78, 5) is 11.7. The molecule has 5 fully saturated rings. The van der Waals surface area contributed by atoms with Gasteiger partial charge in [-0.05, 0) is 68.6 Å². The van der Waals surface area contributed by atoms with E-state index in [4.69, 9.17) is 9.47 Å². The minimum Gasteiger partial charge on any atom is -0.462 e. The Kier molecular flexibility index (Phi) is 3.60. The number of aliphatic hydroxyl groups excluding tert-OH is 2. The average Bonchev–Trinajstić information content (AvgIpc) is 3.29. The van der Waals surface area contributed by atoms with Crippen molar-refractivity contribution in [3.8, 4) is 0 Å². The molecule has 10 atom stereocenters. The molecule has 2 N–H and O–H groups in total. The van der Waals surface area contributed by atoms with E-state index in [1.54, 1.807) is 0 Å². The summed E-state index contributed by atoms with van der Waals surface area (Å²) in [6, 6.07) is 0. The maximum absolute atomic E-state index is 11.7. The van der Waals surface area contributed by atoms with Gasteiger partial charge in [0.05, 0.1) is 24.4 Å². The fraction of sp³-hybridized carbons (Fsp3) is 0.955.